The molecule has 9 heteroatoms. The fourth-order valence-electron chi connectivity index (χ4n) is 2.25. The van der Waals surface area contributed by atoms with Gasteiger partial charge in [-0.25, -0.2) is 4.39 Å². The molecule has 112 valence electrons. The Balaban J connectivity index is 2.16. The molecule has 1 aliphatic heterocycles. The van der Waals surface area contributed by atoms with Gasteiger partial charge in [-0.3, -0.25) is 18.5 Å². The molecule has 0 N–H and O–H groups in total. The average molecular weight is 314 g/mol. The molecule has 1 aliphatic rings. The van der Waals surface area contributed by atoms with E-state index in [-0.39, 0.29) is 24.5 Å². The van der Waals surface area contributed by atoms with Gasteiger partial charge in [0.05, 0.1) is 30.6 Å². The molecule has 0 fully saturated rings. The lowest BCUT2D eigenvalue weighted by Gasteiger charge is -2.27. The Morgan fingerprint density at radius 2 is 2.29 bits per heavy atom. The van der Waals surface area contributed by atoms with Crippen LogP contribution < -0.4 is 10.3 Å². The van der Waals surface area contributed by atoms with Gasteiger partial charge in [-0.2, -0.15) is 8.42 Å². The quantitative estimate of drug-likeness (QED) is 0.764. The molecule has 3 rings (SSSR count). The first-order valence-electron chi connectivity index (χ1n) is 6.04. The second-order valence-corrected chi connectivity index (χ2v) is 6.31. The maximum Gasteiger partial charge on any atom is 0.264 e. The Bertz CT molecular complexity index is 877. The number of ether oxygens (including phenoxy) is 1. The number of hydrogen-bond donors (Lipinski definition) is 0. The molecule has 1 atom stereocenters. The molecule has 0 spiro atoms. The van der Waals surface area contributed by atoms with Crippen LogP contribution in [-0.4, -0.2) is 37.4 Å². The second-order valence-electron chi connectivity index (χ2n) is 4.66. The van der Waals surface area contributed by atoms with Gasteiger partial charge in [0.1, 0.15) is 12.1 Å². The van der Waals surface area contributed by atoms with Crippen molar-refractivity contribution >= 4 is 21.2 Å². The van der Waals surface area contributed by atoms with Crippen LogP contribution in [0.25, 0.3) is 11.0 Å². The fourth-order valence-corrected chi connectivity index (χ4v) is 2.65. The number of aromatic nitrogens is 2. The summed E-state index contributed by atoms with van der Waals surface area (Å²) >= 11 is 0. The van der Waals surface area contributed by atoms with Crippen molar-refractivity contribution < 1.29 is 21.7 Å². The van der Waals surface area contributed by atoms with E-state index in [9.17, 15) is 17.6 Å². The van der Waals surface area contributed by atoms with Crippen molar-refractivity contribution in [1.29, 1.82) is 0 Å². The van der Waals surface area contributed by atoms with Gasteiger partial charge in [0.2, 0.25) is 0 Å². The summed E-state index contributed by atoms with van der Waals surface area (Å²) in [6.45, 7) is -0.337. The van der Waals surface area contributed by atoms with Gasteiger partial charge >= 0.3 is 0 Å². The minimum atomic E-state index is -3.65. The number of halogens is 1. The number of pyridine rings is 2. The van der Waals surface area contributed by atoms with E-state index < -0.39 is 27.5 Å². The first-order valence-corrected chi connectivity index (χ1v) is 7.85. The van der Waals surface area contributed by atoms with Crippen molar-refractivity contribution in [1.82, 2.24) is 9.55 Å². The number of rotatable bonds is 3. The highest BCUT2D eigenvalue weighted by Gasteiger charge is 2.27. The largest absolute Gasteiger partial charge is 0.486 e. The molecule has 0 radical (unpaired) electrons. The molecule has 2 aromatic heterocycles. The summed E-state index contributed by atoms with van der Waals surface area (Å²) in [5.41, 5.74) is 0.187. The van der Waals surface area contributed by atoms with Crippen LogP contribution in [0.15, 0.2) is 23.1 Å². The van der Waals surface area contributed by atoms with Crippen molar-refractivity contribution in [2.24, 2.45) is 0 Å². The van der Waals surface area contributed by atoms with E-state index >= 15 is 0 Å². The van der Waals surface area contributed by atoms with Crippen LogP contribution in [0.3, 0.4) is 0 Å². The molecule has 7 nitrogen and oxygen atoms in total. The molecule has 0 amide bonds. The SMILES string of the molecule is CS(=O)(=O)OC[C@H]1COc2c(F)cnc3ccc(=O)n1c23. The first kappa shape index (κ1) is 14.0. The van der Waals surface area contributed by atoms with E-state index in [2.05, 4.69) is 4.98 Å². The first-order chi connectivity index (χ1) is 9.87. The zero-order valence-corrected chi connectivity index (χ0v) is 11.8. The number of nitrogens with zero attached hydrogens (tertiary/aromatic N) is 2. The van der Waals surface area contributed by atoms with Crippen molar-refractivity contribution in [3.05, 3.63) is 34.5 Å². The maximum absolute atomic E-state index is 13.7. The minimum absolute atomic E-state index is 0.0618. The van der Waals surface area contributed by atoms with E-state index in [0.717, 1.165) is 12.5 Å². The molecular formula is C12H11FN2O5S. The minimum Gasteiger partial charge on any atom is -0.486 e. The molecule has 21 heavy (non-hydrogen) atoms. The van der Waals surface area contributed by atoms with Crippen LogP contribution >= 0.6 is 0 Å². The van der Waals surface area contributed by atoms with Crippen LogP contribution in [0, 0.1) is 5.82 Å². The molecule has 0 aromatic carbocycles. The van der Waals surface area contributed by atoms with Gasteiger partial charge in [0.15, 0.2) is 11.6 Å². The predicted molar refractivity (Wildman–Crippen MR) is 71.3 cm³/mol. The van der Waals surface area contributed by atoms with Crippen LogP contribution in [0.4, 0.5) is 4.39 Å². The third kappa shape index (κ3) is 2.49. The van der Waals surface area contributed by atoms with E-state index in [1.807, 2.05) is 0 Å². The Hall–Kier alpha value is -2.00. The third-order valence-electron chi connectivity index (χ3n) is 3.11. The highest BCUT2D eigenvalue weighted by atomic mass is 32.2. The smallest absolute Gasteiger partial charge is 0.264 e. The molecule has 2 aromatic rings. The van der Waals surface area contributed by atoms with E-state index in [0.29, 0.717) is 5.52 Å². The van der Waals surface area contributed by atoms with Gasteiger partial charge < -0.3 is 4.74 Å². The second kappa shape index (κ2) is 4.78. The number of hydrogen-bond acceptors (Lipinski definition) is 6. The van der Waals surface area contributed by atoms with Crippen LogP contribution in [0.2, 0.25) is 0 Å². The Labute approximate surface area is 119 Å². The van der Waals surface area contributed by atoms with E-state index in [1.54, 1.807) is 0 Å². The standard InChI is InChI=1S/C12H11FN2O5S/c1-21(17,18)20-6-7-5-19-12-8(13)4-14-9-2-3-10(16)15(7)11(9)12/h2-4,7H,5-6H2,1H3/t7-/m1/s1. The molecule has 0 unspecified atom stereocenters. The lowest BCUT2D eigenvalue weighted by atomic mass is 10.2. The maximum atomic E-state index is 13.7. The molecular weight excluding hydrogens is 303 g/mol. The fraction of sp³-hybridized carbons (Fsp3) is 0.333. The summed E-state index contributed by atoms with van der Waals surface area (Å²) in [6, 6.07) is 2.07. The lowest BCUT2D eigenvalue weighted by molar-refractivity contribution is 0.168. The summed E-state index contributed by atoms with van der Waals surface area (Å²) in [5, 5.41) is 0. The van der Waals surface area contributed by atoms with E-state index in [4.69, 9.17) is 8.92 Å². The van der Waals surface area contributed by atoms with Crippen molar-refractivity contribution in [3.63, 3.8) is 0 Å². The van der Waals surface area contributed by atoms with Gasteiger partial charge in [0, 0.05) is 6.07 Å². The third-order valence-corrected chi connectivity index (χ3v) is 3.68. The van der Waals surface area contributed by atoms with Crippen LogP contribution in [0.1, 0.15) is 6.04 Å². The molecule has 0 aliphatic carbocycles. The normalized spacial score (nSPS) is 17.7. The van der Waals surface area contributed by atoms with Crippen LogP contribution in [-0.2, 0) is 14.3 Å². The Morgan fingerprint density at radius 1 is 1.52 bits per heavy atom. The highest BCUT2D eigenvalue weighted by Crippen LogP contribution is 2.32. The molecule has 3 heterocycles. The van der Waals surface area contributed by atoms with Gasteiger partial charge in [0.25, 0.3) is 15.7 Å². The molecule has 0 saturated heterocycles. The predicted octanol–water partition coefficient (Wildman–Crippen LogP) is 0.445. The van der Waals surface area contributed by atoms with Crippen molar-refractivity contribution in [2.45, 2.75) is 6.04 Å². The Morgan fingerprint density at radius 3 is 3.00 bits per heavy atom. The van der Waals surface area contributed by atoms with Crippen molar-refractivity contribution in [3.8, 4) is 5.75 Å². The highest BCUT2D eigenvalue weighted by molar-refractivity contribution is 7.85. The molecule has 0 saturated carbocycles. The van der Waals surface area contributed by atoms with Crippen LogP contribution in [0.5, 0.6) is 5.75 Å². The zero-order valence-electron chi connectivity index (χ0n) is 10.9. The summed E-state index contributed by atoms with van der Waals surface area (Å²) in [5.74, 6) is -0.738. The monoisotopic (exact) mass is 314 g/mol. The summed E-state index contributed by atoms with van der Waals surface area (Å²) < 4.78 is 47.2. The summed E-state index contributed by atoms with van der Waals surface area (Å²) in [6.07, 6.45) is 1.93. The van der Waals surface area contributed by atoms with Gasteiger partial charge in [-0.1, -0.05) is 0 Å². The van der Waals surface area contributed by atoms with Gasteiger partial charge in [-0.15, -0.1) is 0 Å². The van der Waals surface area contributed by atoms with Crippen molar-refractivity contribution in [2.75, 3.05) is 19.5 Å². The topological polar surface area (TPSA) is 87.5 Å². The van der Waals surface area contributed by atoms with E-state index in [1.165, 1.54) is 16.7 Å². The summed E-state index contributed by atoms with van der Waals surface area (Å²) in [4.78, 5) is 15.9. The van der Waals surface area contributed by atoms with Gasteiger partial charge in [-0.05, 0) is 6.07 Å². The lowest BCUT2D eigenvalue weighted by Crippen LogP contribution is -2.35. The molecule has 0 bridgehead atoms. The average Bonchev–Trinajstić information content (AvgIpc) is 2.42. The zero-order chi connectivity index (χ0) is 15.2. The summed E-state index contributed by atoms with van der Waals surface area (Å²) in [7, 11) is -3.65. The Kier molecular flexibility index (Phi) is 3.18.